The molecule has 0 saturated carbocycles. The van der Waals surface area contributed by atoms with Crippen LogP contribution in [-0.4, -0.2) is 15.2 Å². The molecule has 1 aromatic rings. The van der Waals surface area contributed by atoms with Crippen LogP contribution in [0.5, 0.6) is 0 Å². The standard InChI is InChI=1S/C6H9N3O2/c7-9-5-2-1-4(3-8-5)6(10)11/h1-3,6,10-11H,7H2,(H,8,9). The average Bonchev–Trinajstić information content (AvgIpc) is 2.05. The van der Waals surface area contributed by atoms with Crippen LogP contribution in [0, 0.1) is 0 Å². The van der Waals surface area contributed by atoms with Gasteiger partial charge >= 0.3 is 0 Å². The number of aliphatic hydroxyl groups excluding tert-OH is 1. The van der Waals surface area contributed by atoms with E-state index in [0.717, 1.165) is 0 Å². The molecule has 0 aliphatic heterocycles. The molecule has 1 heterocycles. The number of hydrazine groups is 1. The first-order valence-corrected chi connectivity index (χ1v) is 3.02. The first-order chi connectivity index (χ1) is 5.24. The van der Waals surface area contributed by atoms with Crippen LogP contribution in [0.3, 0.4) is 0 Å². The second-order valence-corrected chi connectivity index (χ2v) is 1.99. The number of anilines is 1. The smallest absolute Gasteiger partial charge is 0.179 e. The van der Waals surface area contributed by atoms with Crippen molar-refractivity contribution in [2.24, 2.45) is 5.84 Å². The molecule has 5 N–H and O–H groups in total. The first-order valence-electron chi connectivity index (χ1n) is 3.02. The number of nitrogen functional groups attached to an aromatic ring is 1. The van der Waals surface area contributed by atoms with Gasteiger partial charge in [0.2, 0.25) is 0 Å². The Hall–Kier alpha value is -1.17. The zero-order valence-corrected chi connectivity index (χ0v) is 5.73. The Balaban J connectivity index is 2.83. The third kappa shape index (κ3) is 1.87. The molecule has 0 saturated heterocycles. The molecule has 0 atom stereocenters. The Morgan fingerprint density at radius 3 is 2.55 bits per heavy atom. The Kier molecular flexibility index (Phi) is 2.37. The number of nitrogens with zero attached hydrogens (tertiary/aromatic N) is 1. The van der Waals surface area contributed by atoms with E-state index in [1.807, 2.05) is 0 Å². The number of hydrogen-bond acceptors (Lipinski definition) is 5. The van der Waals surface area contributed by atoms with E-state index in [2.05, 4.69) is 10.4 Å². The van der Waals surface area contributed by atoms with Crippen LogP contribution >= 0.6 is 0 Å². The van der Waals surface area contributed by atoms with Gasteiger partial charge in [0.1, 0.15) is 5.82 Å². The molecule has 0 aliphatic carbocycles. The van der Waals surface area contributed by atoms with Gasteiger partial charge in [-0.15, -0.1) is 0 Å². The number of pyridine rings is 1. The van der Waals surface area contributed by atoms with Crippen molar-refractivity contribution in [3.05, 3.63) is 23.9 Å². The zero-order chi connectivity index (χ0) is 8.27. The lowest BCUT2D eigenvalue weighted by atomic mass is 10.3. The predicted octanol–water partition coefficient (Wildman–Crippen LogP) is -0.650. The fourth-order valence-electron chi connectivity index (χ4n) is 0.643. The van der Waals surface area contributed by atoms with Crippen molar-refractivity contribution in [1.29, 1.82) is 0 Å². The van der Waals surface area contributed by atoms with Crippen molar-refractivity contribution in [3.63, 3.8) is 0 Å². The Morgan fingerprint density at radius 1 is 1.45 bits per heavy atom. The van der Waals surface area contributed by atoms with Gasteiger partial charge in [-0.25, -0.2) is 10.8 Å². The summed E-state index contributed by atoms with van der Waals surface area (Å²) in [4.78, 5) is 3.76. The summed E-state index contributed by atoms with van der Waals surface area (Å²) in [5.74, 6) is 5.52. The van der Waals surface area contributed by atoms with Crippen LogP contribution < -0.4 is 11.3 Å². The summed E-state index contributed by atoms with van der Waals surface area (Å²) >= 11 is 0. The van der Waals surface area contributed by atoms with Crippen LogP contribution in [0.4, 0.5) is 5.82 Å². The van der Waals surface area contributed by atoms with Gasteiger partial charge in [-0.05, 0) is 12.1 Å². The lowest BCUT2D eigenvalue weighted by Gasteiger charge is -2.03. The molecule has 1 rings (SSSR count). The van der Waals surface area contributed by atoms with Gasteiger partial charge in [0.05, 0.1) is 0 Å². The van der Waals surface area contributed by atoms with Crippen LogP contribution in [-0.2, 0) is 0 Å². The van der Waals surface area contributed by atoms with E-state index in [4.69, 9.17) is 16.1 Å². The number of aliphatic hydroxyl groups is 2. The molecule has 11 heavy (non-hydrogen) atoms. The molecule has 0 bridgehead atoms. The molecule has 1 aromatic heterocycles. The van der Waals surface area contributed by atoms with Crippen molar-refractivity contribution >= 4 is 5.82 Å². The first kappa shape index (κ1) is 7.93. The summed E-state index contributed by atoms with van der Waals surface area (Å²) < 4.78 is 0. The molecule has 0 aromatic carbocycles. The van der Waals surface area contributed by atoms with Crippen molar-refractivity contribution < 1.29 is 10.2 Å². The molecule has 5 heteroatoms. The van der Waals surface area contributed by atoms with Crippen LogP contribution in [0.2, 0.25) is 0 Å². The number of rotatable bonds is 2. The zero-order valence-electron chi connectivity index (χ0n) is 5.73. The monoisotopic (exact) mass is 155 g/mol. The highest BCUT2D eigenvalue weighted by Gasteiger charge is 2.01. The van der Waals surface area contributed by atoms with Gasteiger partial charge in [0.25, 0.3) is 0 Å². The molecule has 0 spiro atoms. The van der Waals surface area contributed by atoms with E-state index in [-0.39, 0.29) is 0 Å². The Labute approximate surface area is 63.5 Å². The largest absolute Gasteiger partial charge is 0.364 e. The summed E-state index contributed by atoms with van der Waals surface area (Å²) in [7, 11) is 0. The van der Waals surface area contributed by atoms with Gasteiger partial charge < -0.3 is 15.6 Å². The number of nitrogens with one attached hydrogen (secondary N) is 1. The Morgan fingerprint density at radius 2 is 2.18 bits per heavy atom. The lowest BCUT2D eigenvalue weighted by molar-refractivity contribution is -0.0427. The maximum atomic E-state index is 8.65. The topological polar surface area (TPSA) is 91.4 Å². The van der Waals surface area contributed by atoms with Crippen LogP contribution in [0.15, 0.2) is 18.3 Å². The van der Waals surface area contributed by atoms with Crippen LogP contribution in [0.1, 0.15) is 11.9 Å². The number of hydrogen-bond donors (Lipinski definition) is 4. The number of nitrogens with two attached hydrogens (primary N) is 1. The SMILES string of the molecule is NNc1ccc(C(O)O)cn1. The second-order valence-electron chi connectivity index (χ2n) is 1.99. The van der Waals surface area contributed by atoms with Gasteiger partial charge in [-0.1, -0.05) is 0 Å². The van der Waals surface area contributed by atoms with E-state index in [1.165, 1.54) is 12.3 Å². The van der Waals surface area contributed by atoms with Crippen molar-refractivity contribution in [1.82, 2.24) is 4.98 Å². The van der Waals surface area contributed by atoms with E-state index in [9.17, 15) is 0 Å². The molecule has 0 fully saturated rings. The Bertz CT molecular complexity index is 222. The van der Waals surface area contributed by atoms with Gasteiger partial charge in [-0.3, -0.25) is 0 Å². The third-order valence-electron chi connectivity index (χ3n) is 1.23. The minimum atomic E-state index is -1.48. The molecule has 5 nitrogen and oxygen atoms in total. The minimum Gasteiger partial charge on any atom is -0.364 e. The van der Waals surface area contributed by atoms with E-state index < -0.39 is 6.29 Å². The maximum absolute atomic E-state index is 8.65. The fraction of sp³-hybridized carbons (Fsp3) is 0.167. The van der Waals surface area contributed by atoms with E-state index in [1.54, 1.807) is 6.07 Å². The van der Waals surface area contributed by atoms with Crippen molar-refractivity contribution in [3.8, 4) is 0 Å². The highest BCUT2D eigenvalue weighted by molar-refractivity contribution is 5.33. The van der Waals surface area contributed by atoms with E-state index >= 15 is 0 Å². The summed E-state index contributed by atoms with van der Waals surface area (Å²) in [6, 6.07) is 3.07. The lowest BCUT2D eigenvalue weighted by Crippen LogP contribution is -2.08. The van der Waals surface area contributed by atoms with Crippen molar-refractivity contribution in [2.45, 2.75) is 6.29 Å². The molecular weight excluding hydrogens is 146 g/mol. The second kappa shape index (κ2) is 3.29. The van der Waals surface area contributed by atoms with Crippen LogP contribution in [0.25, 0.3) is 0 Å². The maximum Gasteiger partial charge on any atom is 0.179 e. The summed E-state index contributed by atoms with van der Waals surface area (Å²) in [6.45, 7) is 0. The molecule has 0 radical (unpaired) electrons. The fourth-order valence-corrected chi connectivity index (χ4v) is 0.643. The normalized spacial score (nSPS) is 10.2. The van der Waals surface area contributed by atoms with E-state index in [0.29, 0.717) is 11.4 Å². The molecular formula is C6H9N3O2. The molecule has 0 aliphatic rings. The minimum absolute atomic E-state index is 0.337. The predicted molar refractivity (Wildman–Crippen MR) is 39.2 cm³/mol. The summed E-state index contributed by atoms with van der Waals surface area (Å²) in [5.41, 5.74) is 2.66. The van der Waals surface area contributed by atoms with Crippen molar-refractivity contribution in [2.75, 3.05) is 5.43 Å². The quantitative estimate of drug-likeness (QED) is 0.259. The summed E-state index contributed by atoms with van der Waals surface area (Å²) in [6.07, 6.45) is -0.144. The number of aromatic nitrogens is 1. The van der Waals surface area contributed by atoms with Gasteiger partial charge in [0.15, 0.2) is 6.29 Å². The highest BCUT2D eigenvalue weighted by Crippen LogP contribution is 2.09. The molecule has 0 unspecified atom stereocenters. The highest BCUT2D eigenvalue weighted by atomic mass is 16.5. The third-order valence-corrected chi connectivity index (χ3v) is 1.23. The van der Waals surface area contributed by atoms with Gasteiger partial charge in [0, 0.05) is 11.8 Å². The van der Waals surface area contributed by atoms with Gasteiger partial charge in [-0.2, -0.15) is 0 Å². The molecule has 60 valence electrons. The average molecular weight is 155 g/mol. The summed E-state index contributed by atoms with van der Waals surface area (Å²) in [5, 5.41) is 17.3. The molecule has 0 amide bonds.